The molecule has 0 aliphatic carbocycles. The van der Waals surface area contributed by atoms with Gasteiger partial charge in [0.15, 0.2) is 16.9 Å². The molecule has 1 aromatic heterocycles. The van der Waals surface area contributed by atoms with Crippen molar-refractivity contribution >= 4 is 16.9 Å². The second kappa shape index (κ2) is 11.2. The van der Waals surface area contributed by atoms with Gasteiger partial charge in [0.1, 0.15) is 17.9 Å². The van der Waals surface area contributed by atoms with Crippen LogP contribution in [-0.4, -0.2) is 56.6 Å². The summed E-state index contributed by atoms with van der Waals surface area (Å²) in [6, 6.07) is 19.9. The van der Waals surface area contributed by atoms with Gasteiger partial charge in [-0.3, -0.25) is 9.59 Å². The molecule has 0 radical (unpaired) electrons. The molecule has 0 saturated carbocycles. The lowest BCUT2D eigenvalue weighted by molar-refractivity contribution is 0.0716. The predicted octanol–water partition coefficient (Wildman–Crippen LogP) is 4.89. The van der Waals surface area contributed by atoms with Crippen LogP contribution in [0.2, 0.25) is 0 Å². The van der Waals surface area contributed by atoms with E-state index >= 15 is 0 Å². The Morgan fingerprint density at radius 1 is 0.949 bits per heavy atom. The number of benzene rings is 3. The van der Waals surface area contributed by atoms with E-state index in [9.17, 15) is 9.59 Å². The third-order valence-corrected chi connectivity index (χ3v) is 6.78. The van der Waals surface area contributed by atoms with Crippen molar-refractivity contribution in [3.63, 3.8) is 0 Å². The van der Waals surface area contributed by atoms with Crippen LogP contribution in [0.3, 0.4) is 0 Å². The van der Waals surface area contributed by atoms with Crippen molar-refractivity contribution in [1.82, 2.24) is 9.80 Å². The number of carbonyl (C=O) groups is 1. The maximum absolute atomic E-state index is 13.8. The SMILES string of the molecule is CCOc1ccc2c(=O)c3c(oc2c1)C(=O)N(CCN(C)C)C3c1ccc(OCc2ccccc2)c(OC)c1. The molecule has 0 saturated heterocycles. The molecule has 5 rings (SSSR count). The molecule has 0 bridgehead atoms. The van der Waals surface area contributed by atoms with Crippen molar-refractivity contribution in [1.29, 1.82) is 0 Å². The van der Waals surface area contributed by atoms with Gasteiger partial charge in [0.2, 0.25) is 5.76 Å². The smallest absolute Gasteiger partial charge is 0.290 e. The summed E-state index contributed by atoms with van der Waals surface area (Å²) in [6.07, 6.45) is 0. The number of fused-ring (bicyclic) bond motifs is 2. The van der Waals surface area contributed by atoms with Crippen LogP contribution in [0.25, 0.3) is 11.0 Å². The largest absolute Gasteiger partial charge is 0.494 e. The Morgan fingerprint density at radius 2 is 1.74 bits per heavy atom. The molecule has 2 heterocycles. The van der Waals surface area contributed by atoms with E-state index < -0.39 is 6.04 Å². The van der Waals surface area contributed by atoms with Gasteiger partial charge in [0, 0.05) is 19.2 Å². The van der Waals surface area contributed by atoms with Crippen LogP contribution in [0.15, 0.2) is 75.9 Å². The number of nitrogens with zero attached hydrogens (tertiary/aromatic N) is 2. The third kappa shape index (κ3) is 5.20. The quantitative estimate of drug-likeness (QED) is 0.290. The van der Waals surface area contributed by atoms with Crippen molar-refractivity contribution in [2.24, 2.45) is 0 Å². The van der Waals surface area contributed by atoms with Crippen LogP contribution in [0.1, 0.15) is 40.2 Å². The van der Waals surface area contributed by atoms with E-state index in [0.717, 1.165) is 11.1 Å². The number of carbonyl (C=O) groups excluding carboxylic acids is 1. The van der Waals surface area contributed by atoms with Crippen LogP contribution < -0.4 is 19.6 Å². The van der Waals surface area contributed by atoms with Crippen LogP contribution in [0.4, 0.5) is 0 Å². The number of hydrogen-bond donors (Lipinski definition) is 0. The molecule has 39 heavy (non-hydrogen) atoms. The summed E-state index contributed by atoms with van der Waals surface area (Å²) in [6.45, 7) is 3.78. The molecule has 0 spiro atoms. The number of amides is 1. The maximum Gasteiger partial charge on any atom is 0.290 e. The second-order valence-electron chi connectivity index (χ2n) is 9.65. The molecule has 1 aliphatic heterocycles. The Labute approximate surface area is 227 Å². The zero-order valence-corrected chi connectivity index (χ0v) is 22.6. The molecule has 0 N–H and O–H groups in total. The number of hydrogen-bond acceptors (Lipinski definition) is 7. The van der Waals surface area contributed by atoms with Crippen molar-refractivity contribution < 1.29 is 23.4 Å². The lowest BCUT2D eigenvalue weighted by Crippen LogP contribution is -2.35. The molecule has 1 atom stereocenters. The summed E-state index contributed by atoms with van der Waals surface area (Å²) in [7, 11) is 5.46. The topological polar surface area (TPSA) is 81.5 Å². The van der Waals surface area contributed by atoms with Gasteiger partial charge in [0.25, 0.3) is 5.91 Å². The van der Waals surface area contributed by atoms with E-state index in [4.69, 9.17) is 18.6 Å². The predicted molar refractivity (Wildman–Crippen MR) is 149 cm³/mol. The van der Waals surface area contributed by atoms with E-state index in [0.29, 0.717) is 60.1 Å². The van der Waals surface area contributed by atoms with E-state index in [-0.39, 0.29) is 17.1 Å². The Bertz CT molecular complexity index is 1550. The molecule has 1 aliphatic rings. The molecular weight excluding hydrogens is 496 g/mol. The summed E-state index contributed by atoms with van der Waals surface area (Å²) in [4.78, 5) is 31.2. The Kier molecular flexibility index (Phi) is 7.56. The number of likely N-dealkylation sites (N-methyl/N-ethyl adjacent to an activating group) is 1. The first kappa shape index (κ1) is 26.3. The minimum Gasteiger partial charge on any atom is -0.494 e. The summed E-state index contributed by atoms with van der Waals surface area (Å²) in [5.41, 5.74) is 2.19. The summed E-state index contributed by atoms with van der Waals surface area (Å²) < 4.78 is 23.4. The first-order chi connectivity index (χ1) is 18.9. The molecule has 202 valence electrons. The fraction of sp³-hybridized carbons (Fsp3) is 0.290. The van der Waals surface area contributed by atoms with Gasteiger partial charge in [-0.05, 0) is 56.4 Å². The number of rotatable bonds is 10. The first-order valence-electron chi connectivity index (χ1n) is 12.9. The van der Waals surface area contributed by atoms with Crippen LogP contribution in [-0.2, 0) is 6.61 Å². The average molecular weight is 529 g/mol. The Balaban J connectivity index is 1.57. The fourth-order valence-corrected chi connectivity index (χ4v) is 4.85. The lowest BCUT2D eigenvalue weighted by atomic mass is 9.98. The van der Waals surface area contributed by atoms with E-state index in [1.54, 1.807) is 30.2 Å². The maximum atomic E-state index is 13.8. The highest BCUT2D eigenvalue weighted by atomic mass is 16.5. The van der Waals surface area contributed by atoms with Crippen molar-refractivity contribution in [2.75, 3.05) is 40.9 Å². The van der Waals surface area contributed by atoms with Crippen molar-refractivity contribution in [3.8, 4) is 17.2 Å². The van der Waals surface area contributed by atoms with Gasteiger partial charge in [-0.25, -0.2) is 0 Å². The molecule has 8 nitrogen and oxygen atoms in total. The lowest BCUT2D eigenvalue weighted by Gasteiger charge is -2.27. The molecule has 8 heteroatoms. The summed E-state index contributed by atoms with van der Waals surface area (Å²) in [5.74, 6) is 1.41. The molecular formula is C31H32N2O6. The number of methoxy groups -OCH3 is 1. The normalized spacial score (nSPS) is 14.6. The monoisotopic (exact) mass is 528 g/mol. The van der Waals surface area contributed by atoms with Gasteiger partial charge in [-0.2, -0.15) is 0 Å². The molecule has 4 aromatic rings. The van der Waals surface area contributed by atoms with Gasteiger partial charge >= 0.3 is 0 Å². The zero-order valence-electron chi connectivity index (χ0n) is 22.6. The highest BCUT2D eigenvalue weighted by Gasteiger charge is 2.42. The molecule has 0 fully saturated rings. The minimum absolute atomic E-state index is 0.0632. The van der Waals surface area contributed by atoms with Gasteiger partial charge in [0.05, 0.1) is 30.7 Å². The highest BCUT2D eigenvalue weighted by molar-refractivity contribution is 5.99. The van der Waals surface area contributed by atoms with Gasteiger partial charge < -0.3 is 28.4 Å². The summed E-state index contributed by atoms with van der Waals surface area (Å²) >= 11 is 0. The first-order valence-corrected chi connectivity index (χ1v) is 12.9. The van der Waals surface area contributed by atoms with Crippen LogP contribution in [0, 0.1) is 0 Å². The third-order valence-electron chi connectivity index (χ3n) is 6.78. The second-order valence-corrected chi connectivity index (χ2v) is 9.65. The van der Waals surface area contributed by atoms with Gasteiger partial charge in [-0.1, -0.05) is 36.4 Å². The van der Waals surface area contributed by atoms with Crippen molar-refractivity contribution in [3.05, 3.63) is 99.4 Å². The van der Waals surface area contributed by atoms with E-state index in [2.05, 4.69) is 0 Å². The van der Waals surface area contributed by atoms with Crippen LogP contribution >= 0.6 is 0 Å². The molecule has 1 unspecified atom stereocenters. The van der Waals surface area contributed by atoms with E-state index in [1.165, 1.54) is 0 Å². The van der Waals surface area contributed by atoms with Crippen LogP contribution in [0.5, 0.6) is 17.2 Å². The van der Waals surface area contributed by atoms with E-state index in [1.807, 2.05) is 74.4 Å². The molecule has 3 aromatic carbocycles. The average Bonchev–Trinajstić information content (AvgIpc) is 3.22. The minimum atomic E-state index is -0.628. The van der Waals surface area contributed by atoms with Gasteiger partial charge in [-0.15, -0.1) is 0 Å². The Morgan fingerprint density at radius 3 is 2.46 bits per heavy atom. The standard InChI is InChI=1S/C31H32N2O6/c1-5-37-22-12-13-23-25(18-22)39-30-27(29(23)34)28(33(31(30)35)16-15-32(2)3)21-11-14-24(26(17-21)36-4)38-19-20-9-7-6-8-10-20/h6-14,17-18,28H,5,15-16,19H2,1-4H3. The Hall–Kier alpha value is -4.30. The zero-order chi connectivity index (χ0) is 27.5. The number of ether oxygens (including phenoxy) is 3. The molecule has 1 amide bonds. The summed E-state index contributed by atoms with van der Waals surface area (Å²) in [5, 5.41) is 0.402. The fourth-order valence-electron chi connectivity index (χ4n) is 4.85. The highest BCUT2D eigenvalue weighted by Crippen LogP contribution is 2.41. The van der Waals surface area contributed by atoms with Crippen molar-refractivity contribution in [2.45, 2.75) is 19.6 Å².